The number of nitrogens with one attached hydrogen (secondary N) is 1. The highest BCUT2D eigenvalue weighted by molar-refractivity contribution is 5.15. The third kappa shape index (κ3) is 4.49. The Kier molecular flexibility index (Phi) is 5.02. The zero-order valence-electron chi connectivity index (χ0n) is 10.6. The molecule has 1 saturated carbocycles. The van der Waals surface area contributed by atoms with Crippen LogP contribution < -0.4 is 11.1 Å². The third-order valence-electron chi connectivity index (χ3n) is 3.61. The summed E-state index contributed by atoms with van der Waals surface area (Å²) in [6.07, 6.45) is 7.81. The Morgan fingerprint density at radius 3 is 2.53 bits per heavy atom. The second-order valence-electron chi connectivity index (χ2n) is 5.19. The maximum absolute atomic E-state index is 6.16. The molecule has 3 N–H and O–H groups in total. The molecule has 0 aromatic heterocycles. The van der Waals surface area contributed by atoms with Gasteiger partial charge in [-0.2, -0.15) is 0 Å². The summed E-state index contributed by atoms with van der Waals surface area (Å²) < 4.78 is 0. The Morgan fingerprint density at radius 1 is 1.12 bits per heavy atom. The van der Waals surface area contributed by atoms with Crippen molar-refractivity contribution in [3.05, 3.63) is 35.9 Å². The number of benzene rings is 1. The zero-order valence-corrected chi connectivity index (χ0v) is 10.6. The van der Waals surface area contributed by atoms with E-state index in [9.17, 15) is 0 Å². The van der Waals surface area contributed by atoms with E-state index >= 15 is 0 Å². The molecule has 1 aromatic carbocycles. The van der Waals surface area contributed by atoms with Gasteiger partial charge in [0.25, 0.3) is 0 Å². The van der Waals surface area contributed by atoms with Crippen LogP contribution in [0.15, 0.2) is 30.3 Å². The molecule has 2 rings (SSSR count). The van der Waals surface area contributed by atoms with E-state index in [1.165, 1.54) is 37.7 Å². The molecule has 0 saturated heterocycles. The molecule has 2 heteroatoms. The molecule has 0 spiro atoms. The average Bonchev–Trinajstić information content (AvgIpc) is 2.39. The van der Waals surface area contributed by atoms with E-state index in [0.29, 0.717) is 6.04 Å². The lowest BCUT2D eigenvalue weighted by atomic mass is 9.95. The van der Waals surface area contributed by atoms with E-state index in [1.54, 1.807) is 0 Å². The predicted molar refractivity (Wildman–Crippen MR) is 73.0 cm³/mol. The number of hydrogen-bond acceptors (Lipinski definition) is 2. The summed E-state index contributed by atoms with van der Waals surface area (Å²) in [6.45, 7) is 0.944. The quantitative estimate of drug-likeness (QED) is 0.818. The van der Waals surface area contributed by atoms with Crippen molar-refractivity contribution < 1.29 is 0 Å². The van der Waals surface area contributed by atoms with Gasteiger partial charge in [-0.1, -0.05) is 49.6 Å². The molecule has 1 aromatic rings. The van der Waals surface area contributed by atoms with Crippen LogP contribution in [-0.2, 0) is 6.42 Å². The van der Waals surface area contributed by atoms with Crippen LogP contribution in [0.3, 0.4) is 0 Å². The molecular weight excluding hydrogens is 208 g/mol. The Hall–Kier alpha value is -0.860. The van der Waals surface area contributed by atoms with Gasteiger partial charge in [-0.05, 0) is 24.8 Å². The summed E-state index contributed by atoms with van der Waals surface area (Å²) >= 11 is 0. The van der Waals surface area contributed by atoms with Gasteiger partial charge in [0.1, 0.15) is 0 Å². The van der Waals surface area contributed by atoms with Crippen LogP contribution >= 0.6 is 0 Å². The molecule has 94 valence electrons. The normalized spacial score (nSPS) is 19.1. The fourth-order valence-corrected chi connectivity index (χ4v) is 2.61. The van der Waals surface area contributed by atoms with Crippen molar-refractivity contribution in [3.8, 4) is 0 Å². The lowest BCUT2D eigenvalue weighted by molar-refractivity contribution is 0.364. The molecule has 1 unspecified atom stereocenters. The largest absolute Gasteiger partial charge is 0.326 e. The fourth-order valence-electron chi connectivity index (χ4n) is 2.61. The smallest absolute Gasteiger partial charge is 0.0206 e. The Labute approximate surface area is 105 Å². The lowest BCUT2D eigenvalue weighted by Crippen LogP contribution is -2.41. The predicted octanol–water partition coefficient (Wildman–Crippen LogP) is 2.48. The van der Waals surface area contributed by atoms with Crippen molar-refractivity contribution in [1.29, 1.82) is 0 Å². The third-order valence-corrected chi connectivity index (χ3v) is 3.61. The molecule has 0 heterocycles. The highest BCUT2D eigenvalue weighted by Crippen LogP contribution is 2.17. The van der Waals surface area contributed by atoms with Crippen LogP contribution in [0.25, 0.3) is 0 Å². The molecule has 1 aliphatic rings. The maximum atomic E-state index is 6.16. The minimum Gasteiger partial charge on any atom is -0.326 e. The molecule has 0 amide bonds. The highest BCUT2D eigenvalue weighted by Gasteiger charge is 2.13. The van der Waals surface area contributed by atoms with Gasteiger partial charge in [-0.25, -0.2) is 0 Å². The molecule has 0 aliphatic heterocycles. The van der Waals surface area contributed by atoms with Crippen molar-refractivity contribution in [2.45, 2.75) is 50.6 Å². The SMILES string of the molecule is NC(CNC1CCCCC1)Cc1ccccc1. The summed E-state index contributed by atoms with van der Waals surface area (Å²) in [6, 6.07) is 11.5. The van der Waals surface area contributed by atoms with Crippen LogP contribution in [0, 0.1) is 0 Å². The number of hydrogen-bond donors (Lipinski definition) is 2. The minimum absolute atomic E-state index is 0.235. The molecular formula is C15H24N2. The van der Waals surface area contributed by atoms with Gasteiger partial charge < -0.3 is 11.1 Å². The first-order chi connectivity index (χ1) is 8.34. The van der Waals surface area contributed by atoms with Crippen LogP contribution in [0.1, 0.15) is 37.7 Å². The van der Waals surface area contributed by atoms with Crippen molar-refractivity contribution in [2.75, 3.05) is 6.54 Å². The van der Waals surface area contributed by atoms with Crippen molar-refractivity contribution in [1.82, 2.24) is 5.32 Å². The van der Waals surface area contributed by atoms with Crippen LogP contribution in [0.4, 0.5) is 0 Å². The summed E-state index contributed by atoms with van der Waals surface area (Å²) in [5.74, 6) is 0. The zero-order chi connectivity index (χ0) is 11.9. The molecule has 1 aliphatic carbocycles. The van der Waals surface area contributed by atoms with Gasteiger partial charge in [0.05, 0.1) is 0 Å². The number of nitrogens with two attached hydrogens (primary N) is 1. The van der Waals surface area contributed by atoms with E-state index in [-0.39, 0.29) is 6.04 Å². The summed E-state index contributed by atoms with van der Waals surface area (Å²) in [4.78, 5) is 0. The van der Waals surface area contributed by atoms with Crippen molar-refractivity contribution in [2.24, 2.45) is 5.73 Å². The Bertz CT molecular complexity index is 304. The van der Waals surface area contributed by atoms with E-state index in [2.05, 4.69) is 35.6 Å². The molecule has 0 bridgehead atoms. The molecule has 2 nitrogen and oxygen atoms in total. The summed E-state index contributed by atoms with van der Waals surface area (Å²) in [7, 11) is 0. The maximum Gasteiger partial charge on any atom is 0.0206 e. The van der Waals surface area contributed by atoms with Crippen LogP contribution in [0.5, 0.6) is 0 Å². The minimum atomic E-state index is 0.235. The first-order valence-corrected chi connectivity index (χ1v) is 6.87. The van der Waals surface area contributed by atoms with E-state index in [4.69, 9.17) is 5.73 Å². The molecule has 17 heavy (non-hydrogen) atoms. The summed E-state index contributed by atoms with van der Waals surface area (Å²) in [5, 5.41) is 3.62. The van der Waals surface area contributed by atoms with Gasteiger partial charge in [-0.3, -0.25) is 0 Å². The Balaban J connectivity index is 1.68. The van der Waals surface area contributed by atoms with E-state index in [1.807, 2.05) is 0 Å². The standard InChI is InChI=1S/C15H24N2/c16-14(11-13-7-3-1-4-8-13)12-17-15-9-5-2-6-10-15/h1,3-4,7-8,14-15,17H,2,5-6,9-12,16H2. The second-order valence-corrected chi connectivity index (χ2v) is 5.19. The molecule has 1 fully saturated rings. The second kappa shape index (κ2) is 6.77. The summed E-state index contributed by atoms with van der Waals surface area (Å²) in [5.41, 5.74) is 7.50. The van der Waals surface area contributed by atoms with Gasteiger partial charge in [0.2, 0.25) is 0 Å². The average molecular weight is 232 g/mol. The van der Waals surface area contributed by atoms with Gasteiger partial charge in [0, 0.05) is 18.6 Å². The topological polar surface area (TPSA) is 38.0 Å². The van der Waals surface area contributed by atoms with Gasteiger partial charge in [0.15, 0.2) is 0 Å². The number of rotatable bonds is 5. The van der Waals surface area contributed by atoms with Crippen LogP contribution in [-0.4, -0.2) is 18.6 Å². The van der Waals surface area contributed by atoms with Crippen molar-refractivity contribution in [3.63, 3.8) is 0 Å². The van der Waals surface area contributed by atoms with Gasteiger partial charge in [-0.15, -0.1) is 0 Å². The van der Waals surface area contributed by atoms with Gasteiger partial charge >= 0.3 is 0 Å². The fraction of sp³-hybridized carbons (Fsp3) is 0.600. The van der Waals surface area contributed by atoms with Crippen LogP contribution in [0.2, 0.25) is 0 Å². The van der Waals surface area contributed by atoms with Crippen molar-refractivity contribution >= 4 is 0 Å². The van der Waals surface area contributed by atoms with E-state index < -0.39 is 0 Å². The van der Waals surface area contributed by atoms with E-state index in [0.717, 1.165) is 13.0 Å². The molecule has 1 atom stereocenters. The first kappa shape index (κ1) is 12.6. The monoisotopic (exact) mass is 232 g/mol. The lowest BCUT2D eigenvalue weighted by Gasteiger charge is -2.24. The molecule has 0 radical (unpaired) electrons. The first-order valence-electron chi connectivity index (χ1n) is 6.87. The highest BCUT2D eigenvalue weighted by atomic mass is 14.9. The Morgan fingerprint density at radius 2 is 1.82 bits per heavy atom.